The van der Waals surface area contributed by atoms with E-state index >= 15 is 0 Å². The first-order valence-electron chi connectivity index (χ1n) is 12.2. The summed E-state index contributed by atoms with van der Waals surface area (Å²) >= 11 is 0. The molecule has 10 nitrogen and oxygen atoms in total. The number of carbonyl (C=O) groups is 2. The fraction of sp³-hybridized carbons (Fsp3) is 0.296. The van der Waals surface area contributed by atoms with Gasteiger partial charge in [-0.1, -0.05) is 5.21 Å². The number of pyridine rings is 1. The topological polar surface area (TPSA) is 113 Å². The highest BCUT2D eigenvalue weighted by atomic mass is 19.1. The van der Waals surface area contributed by atoms with Crippen LogP contribution in [0.15, 0.2) is 59.5 Å². The second-order valence-corrected chi connectivity index (χ2v) is 10.1. The molecule has 2 aromatic carbocycles. The minimum atomic E-state index is -0.567. The van der Waals surface area contributed by atoms with Crippen molar-refractivity contribution in [3.63, 3.8) is 0 Å². The lowest BCUT2D eigenvalue weighted by Gasteiger charge is -2.35. The van der Waals surface area contributed by atoms with Crippen LogP contribution in [0.4, 0.5) is 9.18 Å². The summed E-state index contributed by atoms with van der Waals surface area (Å²) in [6, 6.07) is 12.7. The number of benzene rings is 2. The van der Waals surface area contributed by atoms with Crippen LogP contribution < -0.4 is 5.56 Å². The van der Waals surface area contributed by atoms with E-state index < -0.39 is 17.0 Å². The molecule has 0 bridgehead atoms. The van der Waals surface area contributed by atoms with E-state index in [1.54, 1.807) is 52.4 Å². The van der Waals surface area contributed by atoms with E-state index in [1.165, 1.54) is 16.8 Å². The van der Waals surface area contributed by atoms with Crippen LogP contribution in [0.5, 0.6) is 0 Å². The molecular formula is C27H27FN6O4. The van der Waals surface area contributed by atoms with Crippen molar-refractivity contribution in [1.29, 1.82) is 0 Å². The molecule has 1 fully saturated rings. The van der Waals surface area contributed by atoms with Crippen molar-refractivity contribution < 1.29 is 18.7 Å². The van der Waals surface area contributed by atoms with Crippen LogP contribution in [-0.4, -0.2) is 73.6 Å². The summed E-state index contributed by atoms with van der Waals surface area (Å²) in [5.74, 6) is -0.560. The number of H-pyrrole nitrogens is 1. The molecule has 196 valence electrons. The fourth-order valence-electron chi connectivity index (χ4n) is 4.23. The number of nitrogens with one attached hydrogen (secondary N) is 1. The van der Waals surface area contributed by atoms with E-state index in [4.69, 9.17) is 4.74 Å². The number of hydrogen-bond acceptors (Lipinski definition) is 6. The lowest BCUT2D eigenvalue weighted by Crippen LogP contribution is -2.51. The summed E-state index contributed by atoms with van der Waals surface area (Å²) in [7, 11) is 0. The molecule has 1 aliphatic heterocycles. The van der Waals surface area contributed by atoms with E-state index in [2.05, 4.69) is 15.3 Å². The van der Waals surface area contributed by atoms with Gasteiger partial charge in [0, 0.05) is 31.7 Å². The van der Waals surface area contributed by atoms with E-state index in [0.717, 1.165) is 0 Å². The van der Waals surface area contributed by atoms with Gasteiger partial charge in [0.15, 0.2) is 0 Å². The Hall–Kier alpha value is -4.54. The Kier molecular flexibility index (Phi) is 6.43. The maximum absolute atomic E-state index is 13.5. The first-order chi connectivity index (χ1) is 18.1. The summed E-state index contributed by atoms with van der Waals surface area (Å²) < 4.78 is 20.4. The first-order valence-corrected chi connectivity index (χ1v) is 12.2. The summed E-state index contributed by atoms with van der Waals surface area (Å²) in [5, 5.41) is 8.92. The van der Waals surface area contributed by atoms with E-state index in [0.29, 0.717) is 59.6 Å². The Morgan fingerprint density at radius 1 is 0.974 bits per heavy atom. The minimum absolute atomic E-state index is 0.126. The molecule has 0 atom stereocenters. The predicted molar refractivity (Wildman–Crippen MR) is 139 cm³/mol. The quantitative estimate of drug-likeness (QED) is 0.443. The molecule has 3 heterocycles. The van der Waals surface area contributed by atoms with Gasteiger partial charge in [0.2, 0.25) is 0 Å². The van der Waals surface area contributed by atoms with Gasteiger partial charge in [-0.05, 0) is 74.7 Å². The largest absolute Gasteiger partial charge is 0.444 e. The number of hydrogen-bond donors (Lipinski definition) is 1. The second-order valence-electron chi connectivity index (χ2n) is 10.1. The number of aromatic nitrogens is 4. The lowest BCUT2D eigenvalue weighted by atomic mass is 10.1. The molecule has 5 rings (SSSR count). The van der Waals surface area contributed by atoms with Gasteiger partial charge >= 0.3 is 6.09 Å². The number of ether oxygens (including phenoxy) is 1. The molecule has 1 N–H and O–H groups in total. The van der Waals surface area contributed by atoms with Crippen molar-refractivity contribution in [2.45, 2.75) is 26.4 Å². The van der Waals surface area contributed by atoms with Crippen LogP contribution in [0.25, 0.3) is 27.8 Å². The van der Waals surface area contributed by atoms with Gasteiger partial charge in [-0.3, -0.25) is 9.59 Å². The average Bonchev–Trinajstić information content (AvgIpc) is 3.37. The molecule has 4 aromatic rings. The minimum Gasteiger partial charge on any atom is -0.444 e. The molecule has 1 aliphatic rings. The number of aromatic amines is 1. The number of nitrogens with zero attached hydrogens (tertiary/aromatic N) is 5. The molecule has 38 heavy (non-hydrogen) atoms. The zero-order chi connectivity index (χ0) is 27.0. The van der Waals surface area contributed by atoms with Gasteiger partial charge in [0.05, 0.1) is 23.0 Å². The third kappa shape index (κ3) is 5.26. The summed E-state index contributed by atoms with van der Waals surface area (Å²) in [6.07, 6.45) is 1.24. The molecule has 0 spiro atoms. The fourth-order valence-corrected chi connectivity index (χ4v) is 4.23. The standard InChI is InChI=1S/C27H27FN6O4/c1-27(2,3)38-26(37)33-12-10-32(11-13-33)25(36)17-5-8-20(9-6-17)34-16-23(30-31-34)21-14-18-4-7-19(28)15-22(18)29-24(21)35/h4-9,14-16H,10-13H2,1-3H3,(H,29,35). The third-order valence-electron chi connectivity index (χ3n) is 6.17. The Labute approximate surface area is 217 Å². The number of amides is 2. The number of rotatable bonds is 3. The highest BCUT2D eigenvalue weighted by molar-refractivity contribution is 5.94. The van der Waals surface area contributed by atoms with E-state index in [9.17, 15) is 18.8 Å². The van der Waals surface area contributed by atoms with Gasteiger partial charge in [-0.2, -0.15) is 0 Å². The highest BCUT2D eigenvalue weighted by Crippen LogP contribution is 2.20. The molecule has 0 aliphatic carbocycles. The Morgan fingerprint density at radius 2 is 1.66 bits per heavy atom. The van der Waals surface area contributed by atoms with Gasteiger partial charge in [-0.15, -0.1) is 5.10 Å². The zero-order valence-corrected chi connectivity index (χ0v) is 21.3. The smallest absolute Gasteiger partial charge is 0.410 e. The number of carbonyl (C=O) groups excluding carboxylic acids is 2. The van der Waals surface area contributed by atoms with Crippen LogP contribution in [0.3, 0.4) is 0 Å². The summed E-state index contributed by atoms with van der Waals surface area (Å²) in [6.45, 7) is 7.10. The van der Waals surface area contributed by atoms with Gasteiger partial charge in [-0.25, -0.2) is 13.9 Å². The molecule has 11 heteroatoms. The van der Waals surface area contributed by atoms with Gasteiger partial charge in [0.25, 0.3) is 11.5 Å². The van der Waals surface area contributed by atoms with Gasteiger partial charge in [0.1, 0.15) is 17.1 Å². The number of halogens is 1. The van der Waals surface area contributed by atoms with Crippen LogP contribution >= 0.6 is 0 Å². The second kappa shape index (κ2) is 9.73. The lowest BCUT2D eigenvalue weighted by molar-refractivity contribution is 0.0141. The van der Waals surface area contributed by atoms with E-state index in [1.807, 2.05) is 20.8 Å². The molecular weight excluding hydrogens is 491 g/mol. The molecule has 2 aromatic heterocycles. The van der Waals surface area contributed by atoms with Crippen molar-refractivity contribution in [2.24, 2.45) is 0 Å². The molecule has 0 radical (unpaired) electrons. The van der Waals surface area contributed by atoms with Crippen molar-refractivity contribution >= 4 is 22.9 Å². The Bertz CT molecular complexity index is 1560. The Balaban J connectivity index is 1.26. The summed E-state index contributed by atoms with van der Waals surface area (Å²) in [4.78, 5) is 43.8. The number of fused-ring (bicyclic) bond motifs is 1. The van der Waals surface area contributed by atoms with Crippen LogP contribution in [0.2, 0.25) is 0 Å². The molecule has 1 saturated heterocycles. The zero-order valence-electron chi connectivity index (χ0n) is 21.3. The Morgan fingerprint density at radius 3 is 2.34 bits per heavy atom. The third-order valence-corrected chi connectivity index (χ3v) is 6.17. The molecule has 0 saturated carbocycles. The summed E-state index contributed by atoms with van der Waals surface area (Å²) in [5.41, 5.74) is 1.28. The normalized spacial score (nSPS) is 14.1. The number of piperazine rings is 1. The molecule has 0 unspecified atom stereocenters. The van der Waals surface area contributed by atoms with Crippen LogP contribution in [0.1, 0.15) is 31.1 Å². The highest BCUT2D eigenvalue weighted by Gasteiger charge is 2.28. The van der Waals surface area contributed by atoms with Gasteiger partial charge < -0.3 is 19.5 Å². The maximum atomic E-state index is 13.5. The molecule has 2 amide bonds. The van der Waals surface area contributed by atoms with Crippen molar-refractivity contribution in [1.82, 2.24) is 29.8 Å². The monoisotopic (exact) mass is 518 g/mol. The van der Waals surface area contributed by atoms with Crippen molar-refractivity contribution in [2.75, 3.05) is 26.2 Å². The first kappa shape index (κ1) is 25.1. The SMILES string of the molecule is CC(C)(C)OC(=O)N1CCN(C(=O)c2ccc(-n3cc(-c4cc5ccc(F)cc5[nH]c4=O)nn3)cc2)CC1. The van der Waals surface area contributed by atoms with Crippen molar-refractivity contribution in [3.05, 3.63) is 76.5 Å². The van der Waals surface area contributed by atoms with Crippen molar-refractivity contribution in [3.8, 4) is 16.9 Å². The average molecular weight is 519 g/mol. The van der Waals surface area contributed by atoms with E-state index in [-0.39, 0.29) is 12.0 Å². The maximum Gasteiger partial charge on any atom is 0.410 e. The van der Waals surface area contributed by atoms with Crippen LogP contribution in [0, 0.1) is 5.82 Å². The predicted octanol–water partition coefficient (Wildman–Crippen LogP) is 3.61. The van der Waals surface area contributed by atoms with Crippen LogP contribution in [-0.2, 0) is 4.74 Å².